The van der Waals surface area contributed by atoms with Gasteiger partial charge in [0.05, 0.1) is 12.3 Å². The topological polar surface area (TPSA) is 53.7 Å². The summed E-state index contributed by atoms with van der Waals surface area (Å²) in [5.74, 6) is 0.713. The van der Waals surface area contributed by atoms with E-state index in [0.717, 1.165) is 25.9 Å². The highest BCUT2D eigenvalue weighted by Gasteiger charge is 2.12. The van der Waals surface area contributed by atoms with Gasteiger partial charge in [-0.15, -0.1) is 0 Å². The molecule has 2 heterocycles. The monoisotopic (exact) mass is 236 g/mol. The molecule has 0 radical (unpaired) electrons. The summed E-state index contributed by atoms with van der Waals surface area (Å²) in [6, 6.07) is 1.76. The van der Waals surface area contributed by atoms with Crippen LogP contribution in [-0.4, -0.2) is 52.7 Å². The zero-order valence-corrected chi connectivity index (χ0v) is 10.3. The molecule has 0 aromatic carbocycles. The molecule has 1 fully saturated rings. The van der Waals surface area contributed by atoms with Crippen molar-refractivity contribution in [3.05, 3.63) is 18.8 Å². The number of aliphatic hydroxyl groups excluding tert-OH is 1. The van der Waals surface area contributed by atoms with Gasteiger partial charge in [0.1, 0.15) is 0 Å². The van der Waals surface area contributed by atoms with Crippen LogP contribution < -0.4 is 0 Å². The first-order valence-corrected chi connectivity index (χ1v) is 5.66. The summed E-state index contributed by atoms with van der Waals surface area (Å²) in [6.45, 7) is 8.99. The lowest BCUT2D eigenvalue weighted by Gasteiger charge is -2.25. The number of likely N-dealkylation sites (tertiary alicyclic amines) is 1. The molecule has 0 amide bonds. The first kappa shape index (κ1) is 13.6. The molecule has 17 heavy (non-hydrogen) atoms. The van der Waals surface area contributed by atoms with Crippen LogP contribution in [0.4, 0.5) is 5.82 Å². The van der Waals surface area contributed by atoms with E-state index in [0.29, 0.717) is 5.82 Å². The number of hydrogen-bond donors (Lipinski definition) is 1. The number of aromatic nitrogens is 2. The summed E-state index contributed by atoms with van der Waals surface area (Å²) >= 11 is 0. The van der Waals surface area contributed by atoms with Crippen LogP contribution in [-0.2, 0) is 0 Å². The van der Waals surface area contributed by atoms with Crippen molar-refractivity contribution in [1.29, 1.82) is 0 Å². The molecule has 5 heteroatoms. The third-order valence-corrected chi connectivity index (χ3v) is 2.67. The van der Waals surface area contributed by atoms with E-state index in [4.69, 9.17) is 5.11 Å². The van der Waals surface area contributed by atoms with Crippen LogP contribution in [0.2, 0.25) is 0 Å². The molecule has 1 aliphatic rings. The van der Waals surface area contributed by atoms with Crippen molar-refractivity contribution in [1.82, 2.24) is 14.7 Å². The van der Waals surface area contributed by atoms with Crippen molar-refractivity contribution in [2.45, 2.75) is 18.9 Å². The summed E-state index contributed by atoms with van der Waals surface area (Å²) in [7, 11) is 2.09. The zero-order chi connectivity index (χ0) is 12.7. The third kappa shape index (κ3) is 4.50. The van der Waals surface area contributed by atoms with E-state index in [2.05, 4.69) is 35.3 Å². The molecule has 0 unspecified atom stereocenters. The van der Waals surface area contributed by atoms with E-state index in [1.165, 1.54) is 0 Å². The lowest BCUT2D eigenvalue weighted by atomic mass is 10.1. The molecule has 0 bridgehead atoms. The van der Waals surface area contributed by atoms with E-state index in [-0.39, 0.29) is 6.10 Å². The highest BCUT2D eigenvalue weighted by molar-refractivity contribution is 5.43. The number of aliphatic imine (C=N–C) groups is 1. The van der Waals surface area contributed by atoms with Crippen molar-refractivity contribution < 1.29 is 5.11 Å². The number of hydrogen-bond acceptors (Lipinski definition) is 4. The maximum atomic E-state index is 9.00. The zero-order valence-electron chi connectivity index (χ0n) is 10.3. The van der Waals surface area contributed by atoms with Gasteiger partial charge < -0.3 is 10.0 Å². The Morgan fingerprint density at radius 1 is 1.53 bits per heavy atom. The predicted molar refractivity (Wildman–Crippen MR) is 70.6 cm³/mol. The summed E-state index contributed by atoms with van der Waals surface area (Å²) in [5.41, 5.74) is 0. The molecule has 1 N–H and O–H groups in total. The van der Waals surface area contributed by atoms with Crippen LogP contribution >= 0.6 is 0 Å². The molecule has 1 aromatic rings. The quantitative estimate of drug-likeness (QED) is 0.789. The van der Waals surface area contributed by atoms with E-state index < -0.39 is 0 Å². The molecule has 0 spiro atoms. The smallest absolute Gasteiger partial charge is 0.154 e. The number of nitrogens with zero attached hydrogens (tertiary/aromatic N) is 4. The third-order valence-electron chi connectivity index (χ3n) is 2.67. The Kier molecular flexibility index (Phi) is 5.59. The van der Waals surface area contributed by atoms with E-state index in [1.807, 2.05) is 0 Å². The lowest BCUT2D eigenvalue weighted by molar-refractivity contribution is 0.0943. The maximum Gasteiger partial charge on any atom is 0.154 e. The Labute approximate surface area is 102 Å². The van der Waals surface area contributed by atoms with Crippen molar-refractivity contribution in [2.24, 2.45) is 4.99 Å². The minimum atomic E-state index is -0.0220. The Bertz CT molecular complexity index is 321. The molecule has 0 aliphatic carbocycles. The standard InChI is InChI=1S/C6H7N3.C6H13NO/c1-3-9-6(7-2)4-5-8-9;1-7-4-2-6(8)3-5-7/h3-5H,1-2H2;6,8H,2-5H2,1H3. The summed E-state index contributed by atoms with van der Waals surface area (Å²) in [4.78, 5) is 5.92. The first-order valence-electron chi connectivity index (χ1n) is 5.66. The largest absolute Gasteiger partial charge is 0.393 e. The lowest BCUT2D eigenvalue weighted by Crippen LogP contribution is -2.32. The van der Waals surface area contributed by atoms with Crippen molar-refractivity contribution >= 4 is 18.7 Å². The van der Waals surface area contributed by atoms with Gasteiger partial charge in [-0.3, -0.25) is 0 Å². The van der Waals surface area contributed by atoms with E-state index >= 15 is 0 Å². The minimum absolute atomic E-state index is 0.0220. The van der Waals surface area contributed by atoms with Crippen LogP contribution in [0.15, 0.2) is 23.8 Å². The molecular formula is C12H20N4O. The second-order valence-corrected chi connectivity index (χ2v) is 4.01. The van der Waals surface area contributed by atoms with Gasteiger partial charge in [-0.25, -0.2) is 9.67 Å². The van der Waals surface area contributed by atoms with Crippen LogP contribution in [0.1, 0.15) is 12.8 Å². The first-order chi connectivity index (χ1) is 8.17. The van der Waals surface area contributed by atoms with Gasteiger partial charge in [-0.05, 0) is 26.6 Å². The van der Waals surface area contributed by atoms with Crippen LogP contribution in [0.25, 0.3) is 6.20 Å². The molecule has 2 rings (SSSR count). The summed E-state index contributed by atoms with van der Waals surface area (Å²) < 4.78 is 1.55. The van der Waals surface area contributed by atoms with Gasteiger partial charge in [0, 0.05) is 25.4 Å². The van der Waals surface area contributed by atoms with Gasteiger partial charge in [-0.2, -0.15) is 5.10 Å². The van der Waals surface area contributed by atoms with Gasteiger partial charge in [0.25, 0.3) is 0 Å². The number of rotatable bonds is 2. The van der Waals surface area contributed by atoms with E-state index in [1.54, 1.807) is 23.1 Å². The Hall–Kier alpha value is -1.46. The number of piperidine rings is 1. The van der Waals surface area contributed by atoms with Crippen molar-refractivity contribution in [2.75, 3.05) is 20.1 Å². The molecule has 5 nitrogen and oxygen atoms in total. The molecular weight excluding hydrogens is 216 g/mol. The van der Waals surface area contributed by atoms with Gasteiger partial charge in [0.15, 0.2) is 5.82 Å². The fourth-order valence-electron chi connectivity index (χ4n) is 1.57. The summed E-state index contributed by atoms with van der Waals surface area (Å²) in [6.07, 6.45) is 5.11. The van der Waals surface area contributed by atoms with Crippen LogP contribution in [0.5, 0.6) is 0 Å². The molecule has 0 atom stereocenters. The van der Waals surface area contributed by atoms with Crippen molar-refractivity contribution in [3.8, 4) is 0 Å². The van der Waals surface area contributed by atoms with Crippen LogP contribution in [0.3, 0.4) is 0 Å². The molecule has 1 aromatic heterocycles. The molecule has 1 saturated heterocycles. The Balaban J connectivity index is 0.000000171. The second kappa shape index (κ2) is 6.98. The SMILES string of the molecule is C=Cn1nccc1N=C.CN1CCC(O)CC1. The van der Waals surface area contributed by atoms with Gasteiger partial charge in [-0.1, -0.05) is 6.58 Å². The Morgan fingerprint density at radius 2 is 2.18 bits per heavy atom. The molecule has 94 valence electrons. The minimum Gasteiger partial charge on any atom is -0.393 e. The number of aliphatic hydroxyl groups is 1. The predicted octanol–water partition coefficient (Wildman–Crippen LogP) is 1.39. The molecule has 1 aliphatic heterocycles. The van der Waals surface area contributed by atoms with Gasteiger partial charge >= 0.3 is 0 Å². The average Bonchev–Trinajstić information content (AvgIpc) is 2.81. The average molecular weight is 236 g/mol. The highest BCUT2D eigenvalue weighted by Crippen LogP contribution is 2.08. The normalized spacial score (nSPS) is 17.1. The Morgan fingerprint density at radius 3 is 2.59 bits per heavy atom. The fraction of sp³-hybridized carbons (Fsp3) is 0.500. The molecule has 0 saturated carbocycles. The maximum absolute atomic E-state index is 9.00. The van der Waals surface area contributed by atoms with Crippen molar-refractivity contribution in [3.63, 3.8) is 0 Å². The summed E-state index contributed by atoms with van der Waals surface area (Å²) in [5, 5.41) is 12.9. The highest BCUT2D eigenvalue weighted by atomic mass is 16.3. The van der Waals surface area contributed by atoms with Crippen LogP contribution in [0, 0.1) is 0 Å². The van der Waals surface area contributed by atoms with E-state index in [9.17, 15) is 0 Å². The fourth-order valence-corrected chi connectivity index (χ4v) is 1.57. The second-order valence-electron chi connectivity index (χ2n) is 4.01. The van der Waals surface area contributed by atoms with Gasteiger partial charge in [0.2, 0.25) is 0 Å².